The van der Waals surface area contributed by atoms with E-state index in [1.807, 2.05) is 0 Å². The highest BCUT2D eigenvalue weighted by Gasteiger charge is 2.14. The lowest BCUT2D eigenvalue weighted by atomic mass is 10.2. The van der Waals surface area contributed by atoms with Crippen molar-refractivity contribution in [2.75, 3.05) is 17.2 Å². The van der Waals surface area contributed by atoms with Crippen LogP contribution in [0.15, 0.2) is 60.8 Å². The molecular weight excluding hydrogens is 380 g/mol. The number of esters is 1. The number of para-hydroxylation sites is 1. The fourth-order valence-corrected chi connectivity index (χ4v) is 2.47. The van der Waals surface area contributed by atoms with Gasteiger partial charge in [0, 0.05) is 5.69 Å². The zero-order chi connectivity index (χ0) is 20.8. The Morgan fingerprint density at radius 2 is 1.62 bits per heavy atom. The molecule has 2 aromatic carbocycles. The minimum atomic E-state index is -0.872. The molecule has 1 heterocycles. The second-order valence-electron chi connectivity index (χ2n) is 5.91. The molecule has 0 aliphatic carbocycles. The van der Waals surface area contributed by atoms with Gasteiger partial charge in [-0.25, -0.2) is 18.6 Å². The van der Waals surface area contributed by atoms with Gasteiger partial charge in [0.15, 0.2) is 0 Å². The van der Waals surface area contributed by atoms with E-state index in [1.54, 1.807) is 37.3 Å². The molecule has 0 saturated carbocycles. The molecule has 0 bridgehead atoms. The minimum Gasteiger partial charge on any atom is -0.462 e. The van der Waals surface area contributed by atoms with E-state index in [9.17, 15) is 18.4 Å². The predicted molar refractivity (Wildman–Crippen MR) is 104 cm³/mol. The van der Waals surface area contributed by atoms with Crippen LogP contribution in [0.2, 0.25) is 0 Å². The number of halogens is 2. The van der Waals surface area contributed by atoms with Crippen molar-refractivity contribution in [2.45, 2.75) is 6.92 Å². The Hall–Kier alpha value is -3.81. The third-order valence-corrected chi connectivity index (χ3v) is 3.88. The summed E-state index contributed by atoms with van der Waals surface area (Å²) in [6.07, 6.45) is 1.41. The van der Waals surface area contributed by atoms with Gasteiger partial charge in [-0.3, -0.25) is 4.79 Å². The van der Waals surface area contributed by atoms with Gasteiger partial charge >= 0.3 is 5.97 Å². The van der Waals surface area contributed by atoms with Gasteiger partial charge in [-0.2, -0.15) is 0 Å². The Labute approximate surface area is 165 Å². The third kappa shape index (κ3) is 4.92. The lowest BCUT2D eigenvalue weighted by Crippen LogP contribution is -2.15. The molecule has 0 fully saturated rings. The van der Waals surface area contributed by atoms with Crippen LogP contribution in [-0.4, -0.2) is 23.5 Å². The van der Waals surface area contributed by atoms with Gasteiger partial charge in [-0.05, 0) is 55.5 Å². The van der Waals surface area contributed by atoms with Crippen molar-refractivity contribution < 1.29 is 23.1 Å². The van der Waals surface area contributed by atoms with Gasteiger partial charge in [0.1, 0.15) is 23.0 Å². The molecule has 0 atom stereocenters. The largest absolute Gasteiger partial charge is 0.462 e. The lowest BCUT2D eigenvalue weighted by molar-refractivity contribution is 0.0526. The first-order valence-electron chi connectivity index (χ1n) is 8.73. The standard InChI is InChI=1S/C21H17F2N3O3/c1-2-29-21(28)13-6-8-14(9-7-13)25-15-10-11-18(24-12-15)20(27)26-19-16(22)4-3-5-17(19)23/h3-12,25H,2H2,1H3,(H,26,27). The molecule has 0 aliphatic heterocycles. The van der Waals surface area contributed by atoms with Crippen molar-refractivity contribution in [3.63, 3.8) is 0 Å². The molecule has 6 nitrogen and oxygen atoms in total. The van der Waals surface area contributed by atoms with Crippen LogP contribution in [0.25, 0.3) is 0 Å². The summed E-state index contributed by atoms with van der Waals surface area (Å²) >= 11 is 0. The molecule has 2 N–H and O–H groups in total. The molecule has 8 heteroatoms. The van der Waals surface area contributed by atoms with Crippen molar-refractivity contribution in [2.24, 2.45) is 0 Å². The van der Waals surface area contributed by atoms with Gasteiger partial charge in [-0.1, -0.05) is 6.07 Å². The number of amides is 1. The van der Waals surface area contributed by atoms with E-state index in [1.165, 1.54) is 18.3 Å². The monoisotopic (exact) mass is 397 g/mol. The molecule has 0 aliphatic rings. The van der Waals surface area contributed by atoms with E-state index >= 15 is 0 Å². The fourth-order valence-electron chi connectivity index (χ4n) is 2.47. The predicted octanol–water partition coefficient (Wildman–Crippen LogP) is 4.53. The second-order valence-corrected chi connectivity index (χ2v) is 5.91. The number of carbonyl (C=O) groups excluding carboxylic acids is 2. The number of rotatable bonds is 6. The van der Waals surface area contributed by atoms with E-state index in [2.05, 4.69) is 15.6 Å². The molecule has 3 rings (SSSR count). The maximum Gasteiger partial charge on any atom is 0.338 e. The van der Waals surface area contributed by atoms with Crippen molar-refractivity contribution in [1.29, 1.82) is 0 Å². The van der Waals surface area contributed by atoms with Crippen molar-refractivity contribution in [3.05, 3.63) is 83.7 Å². The number of nitrogens with one attached hydrogen (secondary N) is 2. The quantitative estimate of drug-likeness (QED) is 0.598. The van der Waals surface area contributed by atoms with Gasteiger partial charge in [0.05, 0.1) is 24.1 Å². The van der Waals surface area contributed by atoms with Gasteiger partial charge in [0.25, 0.3) is 5.91 Å². The molecule has 29 heavy (non-hydrogen) atoms. The van der Waals surface area contributed by atoms with Crippen LogP contribution in [0, 0.1) is 11.6 Å². The first kappa shape index (κ1) is 19.9. The minimum absolute atomic E-state index is 0.00383. The molecule has 148 valence electrons. The van der Waals surface area contributed by atoms with Crippen LogP contribution < -0.4 is 10.6 Å². The number of carbonyl (C=O) groups is 2. The number of nitrogens with zero attached hydrogens (tertiary/aromatic N) is 1. The van der Waals surface area contributed by atoms with Gasteiger partial charge in [0.2, 0.25) is 0 Å². The topological polar surface area (TPSA) is 80.3 Å². The van der Waals surface area contributed by atoms with E-state index in [0.29, 0.717) is 23.5 Å². The highest BCUT2D eigenvalue weighted by molar-refractivity contribution is 6.03. The smallest absolute Gasteiger partial charge is 0.338 e. The third-order valence-electron chi connectivity index (χ3n) is 3.88. The average molecular weight is 397 g/mol. The Bertz CT molecular complexity index is 1000. The number of benzene rings is 2. The van der Waals surface area contributed by atoms with Crippen LogP contribution in [-0.2, 0) is 4.74 Å². The number of anilines is 3. The summed E-state index contributed by atoms with van der Waals surface area (Å²) < 4.78 is 32.2. The summed E-state index contributed by atoms with van der Waals surface area (Å²) in [6.45, 7) is 2.03. The molecule has 0 saturated heterocycles. The molecule has 3 aromatic rings. The normalized spacial score (nSPS) is 10.3. The van der Waals surface area contributed by atoms with Crippen LogP contribution in [0.4, 0.5) is 25.8 Å². The van der Waals surface area contributed by atoms with E-state index in [-0.39, 0.29) is 5.69 Å². The summed E-state index contributed by atoms with van der Waals surface area (Å²) in [7, 11) is 0. The highest BCUT2D eigenvalue weighted by atomic mass is 19.1. The summed E-state index contributed by atoms with van der Waals surface area (Å²) in [5.74, 6) is -2.88. The average Bonchev–Trinajstić information content (AvgIpc) is 2.72. The summed E-state index contributed by atoms with van der Waals surface area (Å²) in [4.78, 5) is 27.8. The van der Waals surface area contributed by atoms with Crippen LogP contribution in [0.5, 0.6) is 0 Å². The SMILES string of the molecule is CCOC(=O)c1ccc(Nc2ccc(C(=O)Nc3c(F)cccc3F)nc2)cc1. The zero-order valence-electron chi connectivity index (χ0n) is 15.4. The van der Waals surface area contributed by atoms with Crippen molar-refractivity contribution in [1.82, 2.24) is 4.98 Å². The fraction of sp³-hybridized carbons (Fsp3) is 0.0952. The Kier molecular flexibility index (Phi) is 6.13. The second kappa shape index (κ2) is 8.92. The maximum absolute atomic E-state index is 13.6. The number of pyridine rings is 1. The number of hydrogen-bond donors (Lipinski definition) is 2. The molecule has 1 amide bonds. The number of aromatic nitrogens is 1. The first-order valence-corrected chi connectivity index (χ1v) is 8.73. The van der Waals surface area contributed by atoms with Crippen molar-refractivity contribution >= 4 is 28.9 Å². The maximum atomic E-state index is 13.6. The molecule has 1 aromatic heterocycles. The van der Waals surface area contributed by atoms with E-state index in [4.69, 9.17) is 4.74 Å². The van der Waals surface area contributed by atoms with Crippen LogP contribution in [0.3, 0.4) is 0 Å². The van der Waals surface area contributed by atoms with E-state index < -0.39 is 29.2 Å². The first-order chi connectivity index (χ1) is 14.0. The van der Waals surface area contributed by atoms with E-state index in [0.717, 1.165) is 12.1 Å². The number of hydrogen-bond acceptors (Lipinski definition) is 5. The Morgan fingerprint density at radius 1 is 0.966 bits per heavy atom. The Morgan fingerprint density at radius 3 is 2.21 bits per heavy atom. The molecule has 0 radical (unpaired) electrons. The summed E-state index contributed by atoms with van der Waals surface area (Å²) in [5.41, 5.74) is 1.19. The summed E-state index contributed by atoms with van der Waals surface area (Å²) in [6, 6.07) is 13.0. The Balaban J connectivity index is 1.65. The van der Waals surface area contributed by atoms with Gasteiger partial charge < -0.3 is 15.4 Å². The van der Waals surface area contributed by atoms with Gasteiger partial charge in [-0.15, -0.1) is 0 Å². The van der Waals surface area contributed by atoms with Crippen LogP contribution in [0.1, 0.15) is 27.8 Å². The van der Waals surface area contributed by atoms with Crippen LogP contribution >= 0.6 is 0 Å². The molecule has 0 spiro atoms. The van der Waals surface area contributed by atoms with Crippen molar-refractivity contribution in [3.8, 4) is 0 Å². The lowest BCUT2D eigenvalue weighted by Gasteiger charge is -2.09. The zero-order valence-corrected chi connectivity index (χ0v) is 15.4. The summed E-state index contributed by atoms with van der Waals surface area (Å²) in [5, 5.41) is 5.25. The highest BCUT2D eigenvalue weighted by Crippen LogP contribution is 2.20. The number of ether oxygens (including phenoxy) is 1. The molecule has 0 unspecified atom stereocenters. The molecular formula is C21H17F2N3O3.